The largest absolute Gasteiger partial charge is 0.481 e. The van der Waals surface area contributed by atoms with Crippen molar-refractivity contribution in [2.24, 2.45) is 16.9 Å². The van der Waals surface area contributed by atoms with E-state index >= 15 is 0 Å². The van der Waals surface area contributed by atoms with Gasteiger partial charge in [-0.15, -0.1) is 0 Å². The summed E-state index contributed by atoms with van der Waals surface area (Å²) in [7, 11) is 0. The Hall–Kier alpha value is -1.14. The molecule has 0 radical (unpaired) electrons. The lowest BCUT2D eigenvalue weighted by molar-refractivity contribution is -0.148. The van der Waals surface area contributed by atoms with Crippen molar-refractivity contribution in [3.8, 4) is 0 Å². The third kappa shape index (κ3) is 2.51. The van der Waals surface area contributed by atoms with Gasteiger partial charge in [-0.2, -0.15) is 0 Å². The van der Waals surface area contributed by atoms with Crippen LogP contribution in [-0.4, -0.2) is 27.8 Å². The Morgan fingerprint density at radius 2 is 1.44 bits per heavy atom. The smallest absolute Gasteiger partial charge is 0.304 e. The highest BCUT2D eigenvalue weighted by Crippen LogP contribution is 2.45. The highest BCUT2D eigenvalue weighted by Gasteiger charge is 2.50. The zero-order chi connectivity index (χ0) is 12.4. The molecule has 1 saturated carbocycles. The monoisotopic (exact) mass is 230 g/mol. The van der Waals surface area contributed by atoms with Crippen LogP contribution in [0, 0.1) is 5.41 Å². The second-order valence-electron chi connectivity index (χ2n) is 4.67. The summed E-state index contributed by atoms with van der Waals surface area (Å²) in [5, 5.41) is 17.7. The van der Waals surface area contributed by atoms with Crippen molar-refractivity contribution >= 4 is 11.9 Å². The van der Waals surface area contributed by atoms with Gasteiger partial charge < -0.3 is 21.7 Å². The summed E-state index contributed by atoms with van der Waals surface area (Å²) in [6, 6.07) is 0. The molecular formula is C10H18N2O4. The van der Waals surface area contributed by atoms with Crippen molar-refractivity contribution in [1.82, 2.24) is 0 Å². The summed E-state index contributed by atoms with van der Waals surface area (Å²) < 4.78 is 0. The van der Waals surface area contributed by atoms with E-state index in [0.29, 0.717) is 12.8 Å². The Morgan fingerprint density at radius 3 is 1.81 bits per heavy atom. The van der Waals surface area contributed by atoms with Crippen molar-refractivity contribution in [2.75, 3.05) is 0 Å². The molecule has 0 unspecified atom stereocenters. The molecule has 1 aliphatic carbocycles. The van der Waals surface area contributed by atoms with Crippen molar-refractivity contribution < 1.29 is 19.8 Å². The van der Waals surface area contributed by atoms with Gasteiger partial charge in [-0.3, -0.25) is 9.59 Å². The zero-order valence-electron chi connectivity index (χ0n) is 9.11. The van der Waals surface area contributed by atoms with E-state index < -0.39 is 23.0 Å². The fraction of sp³-hybridized carbons (Fsp3) is 0.800. The maximum Gasteiger partial charge on any atom is 0.304 e. The van der Waals surface area contributed by atoms with Gasteiger partial charge in [0.05, 0.1) is 18.5 Å². The molecule has 6 N–H and O–H groups in total. The van der Waals surface area contributed by atoms with E-state index in [1.54, 1.807) is 0 Å². The van der Waals surface area contributed by atoms with E-state index in [1.165, 1.54) is 0 Å². The number of carboxylic acids is 2. The summed E-state index contributed by atoms with van der Waals surface area (Å²) in [5.41, 5.74) is 9.58. The quantitative estimate of drug-likeness (QED) is 0.508. The van der Waals surface area contributed by atoms with Gasteiger partial charge in [0.25, 0.3) is 0 Å². The molecule has 0 aliphatic heterocycles. The first-order valence-corrected chi connectivity index (χ1v) is 5.30. The number of rotatable bonds is 4. The van der Waals surface area contributed by atoms with Crippen LogP contribution in [0.3, 0.4) is 0 Å². The van der Waals surface area contributed by atoms with Gasteiger partial charge in [0.15, 0.2) is 0 Å². The first-order chi connectivity index (χ1) is 7.29. The van der Waals surface area contributed by atoms with Gasteiger partial charge in [0, 0.05) is 5.41 Å². The second-order valence-corrected chi connectivity index (χ2v) is 4.67. The van der Waals surface area contributed by atoms with Gasteiger partial charge in [-0.05, 0) is 12.8 Å². The molecule has 1 aliphatic rings. The first kappa shape index (κ1) is 12.9. The van der Waals surface area contributed by atoms with Gasteiger partial charge in [0.1, 0.15) is 0 Å². The van der Waals surface area contributed by atoms with E-state index in [4.69, 9.17) is 21.7 Å². The minimum atomic E-state index is -1.21. The lowest BCUT2D eigenvalue weighted by Gasteiger charge is -2.48. The third-order valence-corrected chi connectivity index (χ3v) is 3.46. The normalized spacial score (nSPS) is 22.6. The van der Waals surface area contributed by atoms with Crippen LogP contribution in [0.4, 0.5) is 0 Å². The predicted molar refractivity (Wildman–Crippen MR) is 56.5 cm³/mol. The molecule has 0 amide bonds. The van der Waals surface area contributed by atoms with Crippen LogP contribution < -0.4 is 11.5 Å². The van der Waals surface area contributed by atoms with E-state index in [0.717, 1.165) is 12.8 Å². The van der Waals surface area contributed by atoms with Gasteiger partial charge in [0.2, 0.25) is 0 Å². The molecule has 0 heterocycles. The van der Waals surface area contributed by atoms with E-state index in [-0.39, 0.29) is 12.8 Å². The SMILES string of the molecule is NC1(N)CCCCC1(CC(=O)O)CC(=O)O. The van der Waals surface area contributed by atoms with E-state index in [9.17, 15) is 9.59 Å². The van der Waals surface area contributed by atoms with Crippen LogP contribution in [-0.2, 0) is 9.59 Å². The number of aliphatic carboxylic acids is 2. The Bertz CT molecular complexity index is 285. The number of nitrogens with two attached hydrogens (primary N) is 2. The molecule has 16 heavy (non-hydrogen) atoms. The Morgan fingerprint density at radius 1 is 1.00 bits per heavy atom. The molecule has 0 aromatic carbocycles. The van der Waals surface area contributed by atoms with E-state index in [1.807, 2.05) is 0 Å². The lowest BCUT2D eigenvalue weighted by Crippen LogP contribution is -2.65. The fourth-order valence-corrected chi connectivity index (χ4v) is 2.53. The molecule has 1 fully saturated rings. The predicted octanol–water partition coefficient (Wildman–Crippen LogP) is 0.110. The van der Waals surface area contributed by atoms with Crippen molar-refractivity contribution in [3.63, 3.8) is 0 Å². The number of carboxylic acid groups (broad SMARTS) is 2. The first-order valence-electron chi connectivity index (χ1n) is 5.30. The minimum absolute atomic E-state index is 0.285. The average molecular weight is 230 g/mol. The van der Waals surface area contributed by atoms with Crippen molar-refractivity contribution in [1.29, 1.82) is 0 Å². The molecule has 0 spiro atoms. The number of hydrogen-bond acceptors (Lipinski definition) is 4. The summed E-state index contributed by atoms with van der Waals surface area (Å²) >= 11 is 0. The maximum atomic E-state index is 10.8. The average Bonchev–Trinajstić information content (AvgIpc) is 2.08. The Balaban J connectivity index is 2.99. The van der Waals surface area contributed by atoms with Crippen LogP contribution in [0.25, 0.3) is 0 Å². The number of hydrogen-bond donors (Lipinski definition) is 4. The molecule has 0 bridgehead atoms. The van der Waals surface area contributed by atoms with Crippen LogP contribution in [0.15, 0.2) is 0 Å². The highest BCUT2D eigenvalue weighted by atomic mass is 16.4. The van der Waals surface area contributed by atoms with Crippen molar-refractivity contribution in [3.05, 3.63) is 0 Å². The summed E-state index contributed by atoms with van der Waals surface area (Å²) in [6.45, 7) is 0. The van der Waals surface area contributed by atoms with Gasteiger partial charge in [-0.1, -0.05) is 12.8 Å². The maximum absolute atomic E-state index is 10.8. The van der Waals surface area contributed by atoms with Crippen LogP contribution in [0.2, 0.25) is 0 Å². The van der Waals surface area contributed by atoms with Gasteiger partial charge in [-0.25, -0.2) is 0 Å². The summed E-state index contributed by atoms with van der Waals surface area (Å²) in [6.07, 6.45) is 1.94. The molecule has 0 saturated heterocycles. The Kier molecular flexibility index (Phi) is 3.54. The molecule has 0 atom stereocenters. The summed E-state index contributed by atoms with van der Waals surface area (Å²) in [5.74, 6) is -2.10. The molecule has 1 rings (SSSR count). The molecule has 92 valence electrons. The molecule has 6 heteroatoms. The topological polar surface area (TPSA) is 127 Å². The molecular weight excluding hydrogens is 212 g/mol. The Labute approximate surface area is 93.6 Å². The van der Waals surface area contributed by atoms with Crippen LogP contribution in [0.1, 0.15) is 38.5 Å². The summed E-state index contributed by atoms with van der Waals surface area (Å²) in [4.78, 5) is 21.7. The second kappa shape index (κ2) is 4.39. The third-order valence-electron chi connectivity index (χ3n) is 3.46. The minimum Gasteiger partial charge on any atom is -0.481 e. The molecule has 6 nitrogen and oxygen atoms in total. The van der Waals surface area contributed by atoms with E-state index in [2.05, 4.69) is 0 Å². The number of carbonyl (C=O) groups is 2. The lowest BCUT2D eigenvalue weighted by atomic mass is 9.62. The highest BCUT2D eigenvalue weighted by molar-refractivity contribution is 5.72. The van der Waals surface area contributed by atoms with Crippen LogP contribution >= 0.6 is 0 Å². The fourth-order valence-electron chi connectivity index (χ4n) is 2.53. The van der Waals surface area contributed by atoms with Crippen LogP contribution in [0.5, 0.6) is 0 Å². The zero-order valence-corrected chi connectivity index (χ0v) is 9.11. The molecule has 0 aromatic rings. The van der Waals surface area contributed by atoms with Crippen molar-refractivity contribution in [2.45, 2.75) is 44.2 Å². The van der Waals surface area contributed by atoms with Gasteiger partial charge >= 0.3 is 11.9 Å². The molecule has 0 aromatic heterocycles. The standard InChI is InChI=1S/C10H18N2O4/c11-10(12)4-2-1-3-9(10,5-7(13)14)6-8(15)16/h1-6,11-12H2,(H,13,14)(H,15,16).